The van der Waals surface area contributed by atoms with Gasteiger partial charge in [0.15, 0.2) is 0 Å². The van der Waals surface area contributed by atoms with Gasteiger partial charge in [0.2, 0.25) is 0 Å². The molecular weight excluding hydrogens is 318 g/mol. The molecule has 3 nitrogen and oxygen atoms in total. The van der Waals surface area contributed by atoms with Crippen molar-refractivity contribution in [1.29, 1.82) is 0 Å². The third-order valence-corrected chi connectivity index (χ3v) is 3.80. The number of hydrogen-bond acceptors (Lipinski definition) is 2. The Hall–Kier alpha value is -1.65. The van der Waals surface area contributed by atoms with Crippen molar-refractivity contribution in [2.75, 3.05) is 0 Å². The summed E-state index contributed by atoms with van der Waals surface area (Å²) in [4.78, 5) is 10.9. The number of halogens is 1. The summed E-state index contributed by atoms with van der Waals surface area (Å²) in [6, 6.07) is 13.5. The topological polar surface area (TPSA) is 49.3 Å². The third-order valence-electron chi connectivity index (χ3n) is 3.07. The van der Waals surface area contributed by atoms with E-state index in [2.05, 4.69) is 52.4 Å². The predicted octanol–water partition coefficient (Wildman–Crippen LogP) is 3.75. The average molecular weight is 334 g/mol. The second-order valence-electron chi connectivity index (χ2n) is 4.70. The number of carboxylic acids is 1. The van der Waals surface area contributed by atoms with E-state index in [9.17, 15) is 4.79 Å². The molecule has 20 heavy (non-hydrogen) atoms. The molecule has 0 amide bonds. The summed E-state index contributed by atoms with van der Waals surface area (Å²) in [5.41, 5.74) is 3.82. The molecule has 104 valence electrons. The van der Waals surface area contributed by atoms with Crippen LogP contribution < -0.4 is 5.32 Å². The Kier molecular flexibility index (Phi) is 4.93. The number of hydrogen-bond donors (Lipinski definition) is 2. The molecule has 0 aliphatic heterocycles. The molecule has 2 aromatic carbocycles. The number of rotatable bonds is 5. The van der Waals surface area contributed by atoms with Crippen molar-refractivity contribution in [3.63, 3.8) is 0 Å². The zero-order chi connectivity index (χ0) is 14.5. The molecular formula is C16H16BrNO2. The van der Waals surface area contributed by atoms with E-state index in [1.165, 1.54) is 11.1 Å². The number of carbonyl (C=O) groups is 1. The van der Waals surface area contributed by atoms with E-state index in [4.69, 9.17) is 5.11 Å². The summed E-state index contributed by atoms with van der Waals surface area (Å²) in [6.07, 6.45) is 0. The van der Waals surface area contributed by atoms with Crippen LogP contribution in [0.5, 0.6) is 0 Å². The van der Waals surface area contributed by atoms with Gasteiger partial charge < -0.3 is 10.4 Å². The average Bonchev–Trinajstić information content (AvgIpc) is 2.42. The summed E-state index contributed by atoms with van der Waals surface area (Å²) >= 11 is 3.41. The molecule has 0 aliphatic carbocycles. The van der Waals surface area contributed by atoms with Gasteiger partial charge >= 0.3 is 5.97 Å². The molecule has 0 radical (unpaired) electrons. The van der Waals surface area contributed by atoms with Crippen LogP contribution in [0.25, 0.3) is 0 Å². The van der Waals surface area contributed by atoms with Crippen molar-refractivity contribution >= 4 is 21.9 Å². The maximum absolute atomic E-state index is 10.9. The van der Waals surface area contributed by atoms with Crippen molar-refractivity contribution in [3.8, 4) is 0 Å². The van der Waals surface area contributed by atoms with Crippen LogP contribution in [0.2, 0.25) is 0 Å². The molecule has 2 rings (SSSR count). The van der Waals surface area contributed by atoms with Gasteiger partial charge in [-0.2, -0.15) is 0 Å². The van der Waals surface area contributed by atoms with Gasteiger partial charge in [-0.15, -0.1) is 0 Å². The number of aryl methyl sites for hydroxylation is 1. The smallest absolute Gasteiger partial charge is 0.335 e. The van der Waals surface area contributed by atoms with E-state index in [0.29, 0.717) is 12.1 Å². The van der Waals surface area contributed by atoms with Crippen molar-refractivity contribution in [1.82, 2.24) is 5.32 Å². The fourth-order valence-electron chi connectivity index (χ4n) is 1.87. The Morgan fingerprint density at radius 3 is 2.45 bits per heavy atom. The fraction of sp³-hybridized carbons (Fsp3) is 0.188. The Morgan fingerprint density at radius 2 is 1.85 bits per heavy atom. The van der Waals surface area contributed by atoms with Crippen LogP contribution in [-0.2, 0) is 13.1 Å². The molecule has 0 aliphatic rings. The molecule has 0 unspecified atom stereocenters. The van der Waals surface area contributed by atoms with Crippen LogP contribution in [0.15, 0.2) is 46.9 Å². The molecule has 0 saturated carbocycles. The molecule has 0 bridgehead atoms. The number of benzene rings is 2. The van der Waals surface area contributed by atoms with E-state index < -0.39 is 5.97 Å². The SMILES string of the molecule is Cc1ccc(CNCc2ccc(C(=O)O)cc2Br)cc1. The fourth-order valence-corrected chi connectivity index (χ4v) is 2.39. The first kappa shape index (κ1) is 14.8. The van der Waals surface area contributed by atoms with Gasteiger partial charge in [0.1, 0.15) is 0 Å². The molecule has 0 aromatic heterocycles. The molecule has 0 spiro atoms. The number of carboxylic acid groups (broad SMARTS) is 1. The lowest BCUT2D eigenvalue weighted by Crippen LogP contribution is -2.13. The summed E-state index contributed by atoms with van der Waals surface area (Å²) < 4.78 is 0.814. The zero-order valence-electron chi connectivity index (χ0n) is 11.2. The lowest BCUT2D eigenvalue weighted by Gasteiger charge is -2.08. The highest BCUT2D eigenvalue weighted by molar-refractivity contribution is 9.10. The third kappa shape index (κ3) is 3.92. The van der Waals surface area contributed by atoms with Crippen molar-refractivity contribution in [2.24, 2.45) is 0 Å². The molecule has 0 heterocycles. The highest BCUT2D eigenvalue weighted by Gasteiger charge is 2.06. The Bertz CT molecular complexity index is 608. The summed E-state index contributed by atoms with van der Waals surface area (Å²) in [7, 11) is 0. The molecule has 0 atom stereocenters. The minimum absolute atomic E-state index is 0.291. The summed E-state index contributed by atoms with van der Waals surface area (Å²) in [5.74, 6) is -0.912. The minimum Gasteiger partial charge on any atom is -0.478 e. The van der Waals surface area contributed by atoms with Gasteiger partial charge in [-0.05, 0) is 30.2 Å². The molecule has 0 saturated heterocycles. The largest absolute Gasteiger partial charge is 0.478 e. The zero-order valence-corrected chi connectivity index (χ0v) is 12.8. The van der Waals surface area contributed by atoms with E-state index in [1.54, 1.807) is 12.1 Å². The van der Waals surface area contributed by atoms with Crippen LogP contribution in [-0.4, -0.2) is 11.1 Å². The normalized spacial score (nSPS) is 10.5. The van der Waals surface area contributed by atoms with Gasteiger partial charge in [0.25, 0.3) is 0 Å². The van der Waals surface area contributed by atoms with Crippen LogP contribution in [0.3, 0.4) is 0 Å². The second-order valence-corrected chi connectivity index (χ2v) is 5.55. The second kappa shape index (κ2) is 6.68. The Morgan fingerprint density at radius 1 is 1.15 bits per heavy atom. The maximum atomic E-state index is 10.9. The van der Waals surface area contributed by atoms with Crippen LogP contribution in [0.4, 0.5) is 0 Å². The molecule has 2 aromatic rings. The Labute approximate surface area is 126 Å². The number of aromatic carboxylic acids is 1. The highest BCUT2D eigenvalue weighted by atomic mass is 79.9. The van der Waals surface area contributed by atoms with Gasteiger partial charge in [-0.3, -0.25) is 0 Å². The van der Waals surface area contributed by atoms with Crippen LogP contribution in [0.1, 0.15) is 27.0 Å². The van der Waals surface area contributed by atoms with Crippen molar-refractivity contribution in [2.45, 2.75) is 20.0 Å². The first-order valence-corrected chi connectivity index (χ1v) is 7.13. The van der Waals surface area contributed by atoms with E-state index in [0.717, 1.165) is 16.6 Å². The lowest BCUT2D eigenvalue weighted by molar-refractivity contribution is 0.0697. The highest BCUT2D eigenvalue weighted by Crippen LogP contribution is 2.18. The Balaban J connectivity index is 1.94. The lowest BCUT2D eigenvalue weighted by atomic mass is 10.1. The first-order valence-electron chi connectivity index (χ1n) is 6.34. The first-order chi connectivity index (χ1) is 9.56. The molecule has 2 N–H and O–H groups in total. The molecule has 0 fully saturated rings. The summed E-state index contributed by atoms with van der Waals surface area (Å²) in [6.45, 7) is 3.54. The van der Waals surface area contributed by atoms with Crippen molar-refractivity contribution < 1.29 is 9.90 Å². The van der Waals surface area contributed by atoms with Crippen molar-refractivity contribution in [3.05, 3.63) is 69.2 Å². The monoisotopic (exact) mass is 333 g/mol. The van der Waals surface area contributed by atoms with E-state index >= 15 is 0 Å². The van der Waals surface area contributed by atoms with Gasteiger partial charge in [-0.25, -0.2) is 4.79 Å². The molecule has 4 heteroatoms. The van der Waals surface area contributed by atoms with Gasteiger partial charge in [-0.1, -0.05) is 51.8 Å². The minimum atomic E-state index is -0.912. The predicted molar refractivity (Wildman–Crippen MR) is 82.8 cm³/mol. The standard InChI is InChI=1S/C16H16BrNO2/c1-11-2-4-12(5-3-11)9-18-10-14-7-6-13(16(19)20)8-15(14)17/h2-8,18H,9-10H2,1H3,(H,19,20). The maximum Gasteiger partial charge on any atom is 0.335 e. The quantitative estimate of drug-likeness (QED) is 0.876. The van der Waals surface area contributed by atoms with Gasteiger partial charge in [0.05, 0.1) is 5.56 Å². The number of nitrogens with one attached hydrogen (secondary N) is 1. The van der Waals surface area contributed by atoms with E-state index in [1.807, 2.05) is 6.07 Å². The van der Waals surface area contributed by atoms with E-state index in [-0.39, 0.29) is 0 Å². The van der Waals surface area contributed by atoms with Crippen LogP contribution in [0, 0.1) is 6.92 Å². The van der Waals surface area contributed by atoms with Gasteiger partial charge in [0, 0.05) is 17.6 Å². The summed E-state index contributed by atoms with van der Waals surface area (Å²) in [5, 5.41) is 12.3. The van der Waals surface area contributed by atoms with Crippen LogP contribution >= 0.6 is 15.9 Å².